The van der Waals surface area contributed by atoms with E-state index in [0.717, 1.165) is 50.1 Å². The van der Waals surface area contributed by atoms with Crippen molar-refractivity contribution in [2.75, 3.05) is 24.6 Å². The van der Waals surface area contributed by atoms with E-state index in [9.17, 15) is 0 Å². The van der Waals surface area contributed by atoms with Gasteiger partial charge in [-0.05, 0) is 31.3 Å². The topological polar surface area (TPSA) is 41.2 Å². The Morgan fingerprint density at radius 3 is 3.19 bits per heavy atom. The molecule has 1 aromatic rings. The van der Waals surface area contributed by atoms with E-state index in [0.29, 0.717) is 12.0 Å². The van der Waals surface area contributed by atoms with E-state index in [1.807, 2.05) is 0 Å². The van der Waals surface area contributed by atoms with Gasteiger partial charge in [0, 0.05) is 18.3 Å². The predicted molar refractivity (Wildman–Crippen MR) is 86.5 cm³/mol. The van der Waals surface area contributed by atoms with Gasteiger partial charge in [-0.25, -0.2) is 0 Å². The molecule has 1 aliphatic heterocycles. The molecule has 3 rings (SSSR count). The van der Waals surface area contributed by atoms with E-state index >= 15 is 0 Å². The maximum Gasteiger partial charge on any atom is 0.158 e. The number of rotatable bonds is 3. The molecule has 4 heteroatoms. The molecule has 0 aromatic carbocycles. The highest BCUT2D eigenvalue weighted by molar-refractivity contribution is 5.51. The molecule has 1 aromatic heterocycles. The van der Waals surface area contributed by atoms with Crippen molar-refractivity contribution < 1.29 is 4.74 Å². The zero-order chi connectivity index (χ0) is 14.7. The number of aromatic nitrogens is 2. The molecule has 0 bridgehead atoms. The highest BCUT2D eigenvalue weighted by atomic mass is 16.5. The lowest BCUT2D eigenvalue weighted by molar-refractivity contribution is 0.0273. The lowest BCUT2D eigenvalue weighted by Gasteiger charge is -2.33. The van der Waals surface area contributed by atoms with Crippen molar-refractivity contribution in [3.8, 4) is 0 Å². The molecule has 0 radical (unpaired) electrons. The summed E-state index contributed by atoms with van der Waals surface area (Å²) in [6.07, 6.45) is 12.4. The summed E-state index contributed by atoms with van der Waals surface area (Å²) in [5.41, 5.74) is 0. The zero-order valence-electron chi connectivity index (χ0n) is 13.0. The van der Waals surface area contributed by atoms with Gasteiger partial charge in [-0.15, -0.1) is 0 Å². The molecule has 1 saturated heterocycles. The van der Waals surface area contributed by atoms with Gasteiger partial charge in [-0.1, -0.05) is 32.1 Å². The molecule has 2 heterocycles. The third kappa shape index (κ3) is 3.38. The normalized spacial score (nSPS) is 27.0. The SMILES string of the molecule is CC(C)CC1CN(c2n[nH]c3/c2=C\C=C\CC\C=3)CCO1. The highest BCUT2D eigenvalue weighted by Gasteiger charge is 2.23. The molecule has 1 aliphatic carbocycles. The first-order valence-corrected chi connectivity index (χ1v) is 8.02. The average Bonchev–Trinajstić information content (AvgIpc) is 2.80. The van der Waals surface area contributed by atoms with Crippen LogP contribution in [0.4, 0.5) is 5.82 Å². The number of allylic oxidation sites excluding steroid dienone is 2. The Morgan fingerprint density at radius 2 is 2.33 bits per heavy atom. The molecule has 2 aliphatic rings. The molecule has 0 spiro atoms. The second-order valence-corrected chi connectivity index (χ2v) is 6.32. The van der Waals surface area contributed by atoms with Gasteiger partial charge < -0.3 is 9.64 Å². The quantitative estimate of drug-likeness (QED) is 0.917. The van der Waals surface area contributed by atoms with E-state index in [2.05, 4.69) is 53.2 Å². The minimum Gasteiger partial charge on any atom is -0.375 e. The minimum absolute atomic E-state index is 0.319. The Labute approximate surface area is 126 Å². The van der Waals surface area contributed by atoms with Gasteiger partial charge in [0.15, 0.2) is 5.82 Å². The van der Waals surface area contributed by atoms with Crippen molar-refractivity contribution in [2.45, 2.75) is 39.2 Å². The smallest absolute Gasteiger partial charge is 0.158 e. The summed E-state index contributed by atoms with van der Waals surface area (Å²) < 4.78 is 5.89. The maximum atomic E-state index is 5.89. The van der Waals surface area contributed by atoms with Crippen LogP contribution < -0.4 is 15.5 Å². The first-order chi connectivity index (χ1) is 10.2. The van der Waals surface area contributed by atoms with Crippen LogP contribution in [-0.4, -0.2) is 36.0 Å². The van der Waals surface area contributed by atoms with Gasteiger partial charge in [-0.2, -0.15) is 5.10 Å². The van der Waals surface area contributed by atoms with Crippen molar-refractivity contribution in [3.05, 3.63) is 22.7 Å². The van der Waals surface area contributed by atoms with Crippen molar-refractivity contribution in [3.63, 3.8) is 0 Å². The van der Waals surface area contributed by atoms with Crippen LogP contribution in [0.3, 0.4) is 0 Å². The summed E-state index contributed by atoms with van der Waals surface area (Å²) in [6.45, 7) is 7.15. The number of nitrogens with zero attached hydrogens (tertiary/aromatic N) is 2. The standard InChI is InChI=1S/C17H25N3O/c1-13(2)11-14-12-20(9-10-21-14)17-15-7-5-3-4-6-8-16(15)18-19-17/h3,5,7-8,13-14,18H,4,6,9-12H2,1-2H3/b5-3+,15-7+,16-8+. The molecule has 4 nitrogen and oxygen atoms in total. The molecule has 1 atom stereocenters. The van der Waals surface area contributed by atoms with Crippen LogP contribution in [0.15, 0.2) is 12.2 Å². The van der Waals surface area contributed by atoms with Gasteiger partial charge >= 0.3 is 0 Å². The van der Waals surface area contributed by atoms with Crippen molar-refractivity contribution in [1.29, 1.82) is 0 Å². The maximum absolute atomic E-state index is 5.89. The summed E-state index contributed by atoms with van der Waals surface area (Å²) in [7, 11) is 0. The number of anilines is 1. The van der Waals surface area contributed by atoms with Crippen LogP contribution in [0.1, 0.15) is 33.1 Å². The van der Waals surface area contributed by atoms with Crippen LogP contribution in [-0.2, 0) is 4.74 Å². The van der Waals surface area contributed by atoms with Gasteiger partial charge in [-0.3, -0.25) is 5.10 Å². The number of hydrogen-bond donors (Lipinski definition) is 1. The Kier molecular flexibility index (Phi) is 4.44. The van der Waals surface area contributed by atoms with Gasteiger partial charge in [0.1, 0.15) is 0 Å². The number of H-pyrrole nitrogens is 1. The number of morpholine rings is 1. The number of nitrogens with one attached hydrogen (secondary N) is 1. The number of aromatic amines is 1. The lowest BCUT2D eigenvalue weighted by Crippen LogP contribution is -2.45. The molecular formula is C17H25N3O. The first kappa shape index (κ1) is 14.4. The molecule has 1 N–H and O–H groups in total. The first-order valence-electron chi connectivity index (χ1n) is 8.02. The Balaban J connectivity index is 1.86. The zero-order valence-corrected chi connectivity index (χ0v) is 13.0. The van der Waals surface area contributed by atoms with Crippen molar-refractivity contribution in [1.82, 2.24) is 10.2 Å². The largest absolute Gasteiger partial charge is 0.375 e. The van der Waals surface area contributed by atoms with Crippen molar-refractivity contribution in [2.24, 2.45) is 5.92 Å². The average molecular weight is 287 g/mol. The fourth-order valence-corrected chi connectivity index (χ4v) is 3.08. The molecular weight excluding hydrogens is 262 g/mol. The van der Waals surface area contributed by atoms with Crippen LogP contribution in [0.25, 0.3) is 12.2 Å². The van der Waals surface area contributed by atoms with Crippen LogP contribution >= 0.6 is 0 Å². The van der Waals surface area contributed by atoms with Gasteiger partial charge in [0.25, 0.3) is 0 Å². The number of ether oxygens (including phenoxy) is 1. The molecule has 1 unspecified atom stereocenters. The molecule has 21 heavy (non-hydrogen) atoms. The second-order valence-electron chi connectivity index (χ2n) is 6.32. The van der Waals surface area contributed by atoms with E-state index in [4.69, 9.17) is 4.74 Å². The van der Waals surface area contributed by atoms with Crippen LogP contribution in [0, 0.1) is 5.92 Å². The molecule has 114 valence electrons. The predicted octanol–water partition coefficient (Wildman–Crippen LogP) is 1.57. The lowest BCUT2D eigenvalue weighted by atomic mass is 10.0. The van der Waals surface area contributed by atoms with Gasteiger partial charge in [0.2, 0.25) is 0 Å². The van der Waals surface area contributed by atoms with Gasteiger partial charge in [0.05, 0.1) is 18.1 Å². The second kappa shape index (κ2) is 6.48. The van der Waals surface area contributed by atoms with E-state index < -0.39 is 0 Å². The molecule has 0 amide bonds. The van der Waals surface area contributed by atoms with Crippen LogP contribution in [0.2, 0.25) is 0 Å². The third-order valence-corrected chi connectivity index (χ3v) is 4.07. The summed E-state index contributed by atoms with van der Waals surface area (Å²) in [4.78, 5) is 2.37. The monoisotopic (exact) mass is 287 g/mol. The highest BCUT2D eigenvalue weighted by Crippen LogP contribution is 2.16. The minimum atomic E-state index is 0.319. The number of fused-ring (bicyclic) bond motifs is 1. The molecule has 1 fully saturated rings. The Hall–Kier alpha value is -1.55. The summed E-state index contributed by atoms with van der Waals surface area (Å²) in [6, 6.07) is 0. The third-order valence-electron chi connectivity index (χ3n) is 4.07. The van der Waals surface area contributed by atoms with E-state index in [1.54, 1.807) is 0 Å². The van der Waals surface area contributed by atoms with Crippen LogP contribution in [0.5, 0.6) is 0 Å². The fourth-order valence-electron chi connectivity index (χ4n) is 3.08. The summed E-state index contributed by atoms with van der Waals surface area (Å²) in [5, 5.41) is 10.1. The number of hydrogen-bond acceptors (Lipinski definition) is 3. The van der Waals surface area contributed by atoms with Crippen molar-refractivity contribution >= 4 is 18.0 Å². The fraction of sp³-hybridized carbons (Fsp3) is 0.588. The summed E-state index contributed by atoms with van der Waals surface area (Å²) >= 11 is 0. The molecule has 0 saturated carbocycles. The van der Waals surface area contributed by atoms with E-state index in [-0.39, 0.29) is 0 Å². The Bertz CT molecular complexity index is 614. The van der Waals surface area contributed by atoms with E-state index in [1.165, 1.54) is 5.22 Å². The Morgan fingerprint density at radius 1 is 1.43 bits per heavy atom. The summed E-state index contributed by atoms with van der Waals surface area (Å²) in [5.74, 6) is 1.74.